The average Bonchev–Trinajstić information content (AvgIpc) is 3.48. The monoisotopic (exact) mass is 517 g/mol. The second kappa shape index (κ2) is 9.70. The van der Waals surface area contributed by atoms with Crippen LogP contribution in [-0.4, -0.2) is 35.2 Å². The number of nitro benzene ring substituents is 1. The number of ether oxygens (including phenoxy) is 1. The summed E-state index contributed by atoms with van der Waals surface area (Å²) >= 11 is 5.90. The first-order chi connectivity index (χ1) is 17.8. The number of nitro groups is 1. The third-order valence-corrected chi connectivity index (χ3v) is 5.93. The second-order valence-electron chi connectivity index (χ2n) is 8.07. The van der Waals surface area contributed by atoms with Gasteiger partial charge in [-0.1, -0.05) is 11.6 Å². The topological polar surface area (TPSA) is 129 Å². The van der Waals surface area contributed by atoms with Crippen molar-refractivity contribution in [2.75, 3.05) is 5.32 Å². The SMILES string of the molecule is CCn1ncc(-c2ccnc3cc(C(=O)Nc4cc(Oc5ccc(Cl)cc5)cc([N+](=O)[O-])c4)nn23)c1C. The van der Waals surface area contributed by atoms with Gasteiger partial charge in [0, 0.05) is 47.2 Å². The average molecular weight is 518 g/mol. The first-order valence-corrected chi connectivity index (χ1v) is 11.6. The number of carbonyl (C=O) groups excluding carboxylic acids is 1. The molecule has 0 aliphatic rings. The van der Waals surface area contributed by atoms with E-state index in [2.05, 4.69) is 20.5 Å². The minimum atomic E-state index is -0.565. The van der Waals surface area contributed by atoms with Gasteiger partial charge in [0.25, 0.3) is 11.6 Å². The second-order valence-corrected chi connectivity index (χ2v) is 8.51. The van der Waals surface area contributed by atoms with Crippen molar-refractivity contribution in [2.24, 2.45) is 0 Å². The van der Waals surface area contributed by atoms with E-state index in [1.807, 2.05) is 18.5 Å². The van der Waals surface area contributed by atoms with E-state index < -0.39 is 10.8 Å². The lowest BCUT2D eigenvalue weighted by Gasteiger charge is -2.09. The number of anilines is 1. The van der Waals surface area contributed by atoms with Crippen LogP contribution >= 0.6 is 11.6 Å². The number of nitrogens with zero attached hydrogens (tertiary/aromatic N) is 6. The number of non-ortho nitro benzene ring substituents is 1. The molecule has 0 fully saturated rings. The molecule has 0 unspecified atom stereocenters. The zero-order chi connectivity index (χ0) is 26.1. The number of nitrogens with one attached hydrogen (secondary N) is 1. The maximum atomic E-state index is 13.1. The van der Waals surface area contributed by atoms with E-state index in [1.165, 1.54) is 18.2 Å². The summed E-state index contributed by atoms with van der Waals surface area (Å²) in [7, 11) is 0. The minimum absolute atomic E-state index is 0.0900. The molecule has 186 valence electrons. The number of hydrogen-bond acceptors (Lipinski definition) is 7. The van der Waals surface area contributed by atoms with Crippen LogP contribution in [0.1, 0.15) is 23.1 Å². The van der Waals surface area contributed by atoms with Gasteiger partial charge in [0.05, 0.1) is 28.6 Å². The highest BCUT2D eigenvalue weighted by Gasteiger charge is 2.19. The van der Waals surface area contributed by atoms with Gasteiger partial charge in [0.15, 0.2) is 11.3 Å². The van der Waals surface area contributed by atoms with Gasteiger partial charge in [-0.3, -0.25) is 19.6 Å². The molecule has 5 rings (SSSR count). The molecule has 5 aromatic rings. The molecule has 0 radical (unpaired) electrons. The van der Waals surface area contributed by atoms with Crippen molar-refractivity contribution in [2.45, 2.75) is 20.4 Å². The molecular formula is C25H20ClN7O4. The highest BCUT2D eigenvalue weighted by Crippen LogP contribution is 2.31. The van der Waals surface area contributed by atoms with Crippen LogP contribution in [0.3, 0.4) is 0 Å². The molecule has 0 aliphatic heterocycles. The van der Waals surface area contributed by atoms with Crippen LogP contribution in [0.15, 0.2) is 67.0 Å². The lowest BCUT2D eigenvalue weighted by atomic mass is 10.2. The third-order valence-electron chi connectivity index (χ3n) is 5.68. The maximum absolute atomic E-state index is 13.1. The lowest BCUT2D eigenvalue weighted by molar-refractivity contribution is -0.384. The highest BCUT2D eigenvalue weighted by atomic mass is 35.5. The lowest BCUT2D eigenvalue weighted by Crippen LogP contribution is -2.13. The third kappa shape index (κ3) is 4.84. The van der Waals surface area contributed by atoms with E-state index in [9.17, 15) is 14.9 Å². The number of aromatic nitrogens is 5. The van der Waals surface area contributed by atoms with E-state index in [4.69, 9.17) is 16.3 Å². The Labute approximate surface area is 215 Å². The van der Waals surface area contributed by atoms with Crippen molar-refractivity contribution in [3.63, 3.8) is 0 Å². The fourth-order valence-corrected chi connectivity index (χ4v) is 4.01. The number of fused-ring (bicyclic) bond motifs is 1. The first kappa shape index (κ1) is 23.9. The number of halogens is 1. The highest BCUT2D eigenvalue weighted by molar-refractivity contribution is 6.30. The summed E-state index contributed by atoms with van der Waals surface area (Å²) in [5.41, 5.74) is 3.05. The summed E-state index contributed by atoms with van der Waals surface area (Å²) in [4.78, 5) is 28.3. The van der Waals surface area contributed by atoms with Crippen molar-refractivity contribution in [1.82, 2.24) is 24.4 Å². The molecule has 1 N–H and O–H groups in total. The van der Waals surface area contributed by atoms with Gasteiger partial charge in [0.1, 0.15) is 11.5 Å². The Bertz CT molecular complexity index is 1640. The van der Waals surface area contributed by atoms with Gasteiger partial charge in [-0.25, -0.2) is 9.50 Å². The number of rotatable bonds is 7. The molecule has 3 heterocycles. The van der Waals surface area contributed by atoms with E-state index in [0.29, 0.717) is 16.4 Å². The van der Waals surface area contributed by atoms with Crippen molar-refractivity contribution in [3.05, 3.63) is 93.5 Å². The number of carbonyl (C=O) groups is 1. The number of hydrogen-bond donors (Lipinski definition) is 1. The number of aryl methyl sites for hydroxylation is 1. The molecule has 0 aliphatic carbocycles. The van der Waals surface area contributed by atoms with Crippen LogP contribution < -0.4 is 10.1 Å². The molecule has 1 amide bonds. The van der Waals surface area contributed by atoms with Crippen molar-refractivity contribution >= 4 is 34.5 Å². The standard InChI is InChI=1S/C25H20ClN7O4/c1-3-31-15(2)21(14-28-31)23-8-9-27-24-13-22(30-32(23)24)25(34)29-17-10-18(33(35)36)12-20(11-17)37-19-6-4-16(26)5-7-19/h4-14H,3H2,1-2H3,(H,29,34). The summed E-state index contributed by atoms with van der Waals surface area (Å²) in [6.07, 6.45) is 3.39. The molecule has 0 bridgehead atoms. The Kier molecular flexibility index (Phi) is 6.28. The fraction of sp³-hybridized carbons (Fsp3) is 0.120. The Hall–Kier alpha value is -4.77. The quantitative estimate of drug-likeness (QED) is 0.222. The Morgan fingerprint density at radius 1 is 1.14 bits per heavy atom. The molecule has 0 spiro atoms. The van der Waals surface area contributed by atoms with Crippen molar-refractivity contribution < 1.29 is 14.5 Å². The Morgan fingerprint density at radius 2 is 1.92 bits per heavy atom. The van der Waals surface area contributed by atoms with Crippen LogP contribution in [0.25, 0.3) is 16.9 Å². The summed E-state index contributed by atoms with van der Waals surface area (Å²) in [6, 6.07) is 13.9. The molecule has 12 heteroatoms. The molecule has 11 nitrogen and oxygen atoms in total. The Morgan fingerprint density at radius 3 is 2.62 bits per heavy atom. The molecule has 0 saturated carbocycles. The van der Waals surface area contributed by atoms with Crippen LogP contribution in [0.4, 0.5) is 11.4 Å². The van der Waals surface area contributed by atoms with Crippen LogP contribution in [-0.2, 0) is 6.54 Å². The molecule has 3 aromatic heterocycles. The summed E-state index contributed by atoms with van der Waals surface area (Å²) in [5.74, 6) is 0.0485. The normalized spacial score (nSPS) is 11.0. The number of benzene rings is 2. The van der Waals surface area contributed by atoms with Crippen LogP contribution in [0.2, 0.25) is 5.02 Å². The van der Waals surface area contributed by atoms with Crippen LogP contribution in [0, 0.1) is 17.0 Å². The smallest absolute Gasteiger partial charge is 0.276 e. The van der Waals surface area contributed by atoms with Gasteiger partial charge in [0.2, 0.25) is 0 Å². The predicted molar refractivity (Wildman–Crippen MR) is 137 cm³/mol. The predicted octanol–water partition coefficient (Wildman–Crippen LogP) is 5.53. The first-order valence-electron chi connectivity index (χ1n) is 11.2. The zero-order valence-corrected chi connectivity index (χ0v) is 20.5. The molecule has 2 aromatic carbocycles. The molecule has 0 saturated heterocycles. The maximum Gasteiger partial charge on any atom is 0.276 e. The summed E-state index contributed by atoms with van der Waals surface area (Å²) < 4.78 is 9.17. The zero-order valence-electron chi connectivity index (χ0n) is 19.8. The molecule has 0 atom stereocenters. The summed E-state index contributed by atoms with van der Waals surface area (Å²) in [6.45, 7) is 4.68. The Balaban J connectivity index is 1.45. The molecule has 37 heavy (non-hydrogen) atoms. The van der Waals surface area contributed by atoms with E-state index in [-0.39, 0.29) is 22.8 Å². The van der Waals surface area contributed by atoms with E-state index >= 15 is 0 Å². The van der Waals surface area contributed by atoms with Gasteiger partial charge in [-0.05, 0) is 44.2 Å². The van der Waals surface area contributed by atoms with Crippen molar-refractivity contribution in [3.8, 4) is 22.8 Å². The largest absolute Gasteiger partial charge is 0.457 e. The van der Waals surface area contributed by atoms with Crippen LogP contribution in [0.5, 0.6) is 11.5 Å². The van der Waals surface area contributed by atoms with Crippen molar-refractivity contribution in [1.29, 1.82) is 0 Å². The van der Waals surface area contributed by atoms with E-state index in [1.54, 1.807) is 53.3 Å². The van der Waals surface area contributed by atoms with E-state index in [0.717, 1.165) is 23.5 Å². The number of amides is 1. The van der Waals surface area contributed by atoms with Gasteiger partial charge < -0.3 is 10.1 Å². The molecular weight excluding hydrogens is 498 g/mol. The van der Waals surface area contributed by atoms with Gasteiger partial charge in [-0.2, -0.15) is 10.2 Å². The summed E-state index contributed by atoms with van der Waals surface area (Å²) in [5, 5.41) is 23.5. The van der Waals surface area contributed by atoms with Gasteiger partial charge >= 0.3 is 0 Å². The fourth-order valence-electron chi connectivity index (χ4n) is 3.88. The minimum Gasteiger partial charge on any atom is -0.457 e. The van der Waals surface area contributed by atoms with Gasteiger partial charge in [-0.15, -0.1) is 0 Å².